The zero-order chi connectivity index (χ0) is 21.2. The molecule has 2 aliphatic rings. The van der Waals surface area contributed by atoms with Crippen LogP contribution in [0.4, 0.5) is 0 Å². The van der Waals surface area contributed by atoms with Gasteiger partial charge in [0.25, 0.3) is 0 Å². The maximum absolute atomic E-state index is 6.65. The fraction of sp³-hybridized carbons (Fsp3) is 0.750. The van der Waals surface area contributed by atoms with Gasteiger partial charge in [-0.15, -0.1) is 5.54 Å². The standard InChI is InChI=1S/C24H44OSi3/c1-26(2,3)18-17-22(27(4,5)6)19-21-15-16-23(25-28(7,8)9)24(21)20-13-11-10-12-14-20/h19-21H,10-16H2,1-9H3/b22-19+. The molecule has 0 aliphatic heterocycles. The summed E-state index contributed by atoms with van der Waals surface area (Å²) in [5.74, 6) is 6.38. The highest BCUT2D eigenvalue weighted by Crippen LogP contribution is 2.45. The van der Waals surface area contributed by atoms with E-state index in [2.05, 4.69) is 76.5 Å². The van der Waals surface area contributed by atoms with Crippen molar-refractivity contribution in [3.8, 4) is 11.5 Å². The summed E-state index contributed by atoms with van der Waals surface area (Å²) in [6, 6.07) is 0. The molecule has 2 aliphatic carbocycles. The molecule has 0 spiro atoms. The second-order valence-corrected chi connectivity index (χ2v) is 26.1. The zero-order valence-corrected chi connectivity index (χ0v) is 23.1. The number of allylic oxidation sites excluding steroid dienone is 4. The second kappa shape index (κ2) is 9.10. The number of rotatable bonds is 5. The van der Waals surface area contributed by atoms with E-state index < -0.39 is 24.5 Å². The normalized spacial score (nSPS) is 22.9. The summed E-state index contributed by atoms with van der Waals surface area (Å²) < 4.78 is 6.65. The summed E-state index contributed by atoms with van der Waals surface area (Å²) in [7, 11) is -4.37. The lowest BCUT2D eigenvalue weighted by Crippen LogP contribution is -2.27. The molecule has 1 atom stereocenters. The smallest absolute Gasteiger partial charge is 0.241 e. The van der Waals surface area contributed by atoms with Crippen LogP contribution in [0, 0.1) is 23.3 Å². The molecule has 0 amide bonds. The van der Waals surface area contributed by atoms with Crippen LogP contribution in [-0.2, 0) is 4.43 Å². The third kappa shape index (κ3) is 7.39. The summed E-state index contributed by atoms with van der Waals surface area (Å²) in [4.78, 5) is 0. The average molecular weight is 433 g/mol. The number of hydrogen-bond acceptors (Lipinski definition) is 1. The molecular weight excluding hydrogens is 389 g/mol. The van der Waals surface area contributed by atoms with E-state index in [1.165, 1.54) is 49.5 Å². The molecule has 2 rings (SSSR count). The van der Waals surface area contributed by atoms with Gasteiger partial charge in [-0.1, -0.05) is 70.5 Å². The van der Waals surface area contributed by atoms with Gasteiger partial charge in [-0.25, -0.2) is 0 Å². The van der Waals surface area contributed by atoms with E-state index in [1.807, 2.05) is 0 Å². The minimum Gasteiger partial charge on any atom is -0.547 e. The Balaban J connectivity index is 2.44. The van der Waals surface area contributed by atoms with Gasteiger partial charge in [0.05, 0.1) is 13.8 Å². The first kappa shape index (κ1) is 23.8. The molecule has 0 aromatic carbocycles. The van der Waals surface area contributed by atoms with E-state index >= 15 is 0 Å². The van der Waals surface area contributed by atoms with Gasteiger partial charge >= 0.3 is 0 Å². The first-order valence-corrected chi connectivity index (χ1v) is 21.8. The fourth-order valence-corrected chi connectivity index (χ4v) is 7.06. The van der Waals surface area contributed by atoms with Gasteiger partial charge in [-0.2, -0.15) is 0 Å². The van der Waals surface area contributed by atoms with Crippen molar-refractivity contribution in [1.82, 2.24) is 0 Å². The van der Waals surface area contributed by atoms with Crippen LogP contribution in [0.1, 0.15) is 44.9 Å². The third-order valence-electron chi connectivity index (χ3n) is 5.63. The monoisotopic (exact) mass is 432 g/mol. The molecule has 158 valence electrons. The van der Waals surface area contributed by atoms with Crippen molar-refractivity contribution in [2.75, 3.05) is 0 Å². The lowest BCUT2D eigenvalue weighted by molar-refractivity contribution is 0.359. The Hall–Kier alpha value is -0.509. The largest absolute Gasteiger partial charge is 0.547 e. The minimum atomic E-state index is -1.57. The summed E-state index contributed by atoms with van der Waals surface area (Å²) in [5, 5.41) is 1.47. The minimum absolute atomic E-state index is 0.562. The maximum atomic E-state index is 6.65. The first-order chi connectivity index (χ1) is 12.8. The predicted octanol–water partition coefficient (Wildman–Crippen LogP) is 7.77. The summed E-state index contributed by atoms with van der Waals surface area (Å²) in [6.45, 7) is 21.4. The van der Waals surface area contributed by atoms with E-state index in [-0.39, 0.29) is 0 Å². The van der Waals surface area contributed by atoms with Crippen molar-refractivity contribution in [1.29, 1.82) is 0 Å². The van der Waals surface area contributed by atoms with E-state index in [0.717, 1.165) is 12.3 Å². The van der Waals surface area contributed by atoms with Crippen molar-refractivity contribution in [2.45, 2.75) is 104 Å². The third-order valence-corrected chi connectivity index (χ3v) is 9.27. The van der Waals surface area contributed by atoms with E-state index in [1.54, 1.807) is 5.57 Å². The Bertz CT molecular complexity index is 666. The Morgan fingerprint density at radius 3 is 2.00 bits per heavy atom. The highest BCUT2D eigenvalue weighted by Gasteiger charge is 2.35. The molecular formula is C24H44OSi3. The fourth-order valence-electron chi connectivity index (χ4n) is 4.33. The Morgan fingerprint density at radius 2 is 1.50 bits per heavy atom. The molecule has 0 saturated heterocycles. The molecule has 1 nitrogen and oxygen atoms in total. The maximum Gasteiger partial charge on any atom is 0.241 e. The Kier molecular flexibility index (Phi) is 7.72. The number of hydrogen-bond donors (Lipinski definition) is 0. The van der Waals surface area contributed by atoms with Gasteiger partial charge < -0.3 is 4.43 Å². The van der Waals surface area contributed by atoms with Crippen LogP contribution in [0.3, 0.4) is 0 Å². The molecule has 0 aromatic heterocycles. The van der Waals surface area contributed by atoms with Gasteiger partial charge in [0.15, 0.2) is 0 Å². The SMILES string of the molecule is C[Si](C)(C)C#C/C(=C\C1CCC(O[Si](C)(C)C)=C1C1CCCCC1)[Si](C)(C)C. The van der Waals surface area contributed by atoms with Crippen LogP contribution in [-0.4, -0.2) is 24.5 Å². The van der Waals surface area contributed by atoms with Crippen LogP contribution in [0.2, 0.25) is 58.9 Å². The molecule has 1 unspecified atom stereocenters. The van der Waals surface area contributed by atoms with Crippen molar-refractivity contribution in [3.63, 3.8) is 0 Å². The lowest BCUT2D eigenvalue weighted by atomic mass is 9.79. The highest BCUT2D eigenvalue weighted by molar-refractivity contribution is 6.86. The summed E-state index contributed by atoms with van der Waals surface area (Å²) in [5.41, 5.74) is 5.33. The van der Waals surface area contributed by atoms with Gasteiger partial charge in [0.1, 0.15) is 8.07 Å². The molecule has 1 saturated carbocycles. The lowest BCUT2D eigenvalue weighted by Gasteiger charge is -2.30. The molecule has 28 heavy (non-hydrogen) atoms. The molecule has 0 aromatic rings. The summed E-state index contributed by atoms with van der Waals surface area (Å²) >= 11 is 0. The Labute approximate surface area is 178 Å². The second-order valence-electron chi connectivity index (χ2n) is 11.9. The van der Waals surface area contributed by atoms with Gasteiger partial charge in [0, 0.05) is 12.3 Å². The van der Waals surface area contributed by atoms with Crippen LogP contribution in [0.15, 0.2) is 22.6 Å². The average Bonchev–Trinajstić information content (AvgIpc) is 2.90. The van der Waals surface area contributed by atoms with Crippen LogP contribution in [0.25, 0.3) is 0 Å². The molecule has 1 fully saturated rings. The predicted molar refractivity (Wildman–Crippen MR) is 133 cm³/mol. The van der Waals surface area contributed by atoms with E-state index in [0.29, 0.717) is 5.92 Å². The van der Waals surface area contributed by atoms with Crippen molar-refractivity contribution in [2.24, 2.45) is 11.8 Å². The Morgan fingerprint density at radius 1 is 0.893 bits per heavy atom. The molecule has 0 heterocycles. The van der Waals surface area contributed by atoms with Crippen molar-refractivity contribution in [3.05, 3.63) is 22.6 Å². The van der Waals surface area contributed by atoms with Gasteiger partial charge in [0.2, 0.25) is 8.32 Å². The van der Waals surface area contributed by atoms with Crippen molar-refractivity contribution >= 4 is 24.5 Å². The molecule has 0 N–H and O–H groups in total. The van der Waals surface area contributed by atoms with Crippen molar-refractivity contribution < 1.29 is 4.43 Å². The van der Waals surface area contributed by atoms with Crippen LogP contribution >= 0.6 is 0 Å². The zero-order valence-electron chi connectivity index (χ0n) is 20.1. The van der Waals surface area contributed by atoms with Crippen LogP contribution < -0.4 is 0 Å². The molecule has 4 heteroatoms. The van der Waals surface area contributed by atoms with E-state index in [4.69, 9.17) is 4.43 Å². The van der Waals surface area contributed by atoms with Gasteiger partial charge in [-0.05, 0) is 55.6 Å². The van der Waals surface area contributed by atoms with Gasteiger partial charge in [-0.3, -0.25) is 0 Å². The summed E-state index contributed by atoms with van der Waals surface area (Å²) in [6.07, 6.45) is 11.9. The molecule has 0 radical (unpaired) electrons. The topological polar surface area (TPSA) is 9.23 Å². The highest BCUT2D eigenvalue weighted by atomic mass is 28.4. The van der Waals surface area contributed by atoms with Crippen LogP contribution in [0.5, 0.6) is 0 Å². The quantitative estimate of drug-likeness (QED) is 0.318. The first-order valence-electron chi connectivity index (χ1n) is 11.4. The molecule has 0 bridgehead atoms. The van der Waals surface area contributed by atoms with E-state index in [9.17, 15) is 0 Å².